The minimum atomic E-state index is -1.03. The van der Waals surface area contributed by atoms with Gasteiger partial charge in [0.15, 0.2) is 0 Å². The Morgan fingerprint density at radius 2 is 1.36 bits per heavy atom. The Morgan fingerprint density at radius 3 is 1.64 bits per heavy atom. The van der Waals surface area contributed by atoms with Gasteiger partial charge in [-0.1, -0.05) is 55.2 Å². The molecular formula is C9H15LiSi. The van der Waals surface area contributed by atoms with Crippen LogP contribution in [0.1, 0.15) is 0 Å². The molecule has 0 amide bonds. The molecule has 0 saturated heterocycles. The van der Waals surface area contributed by atoms with Gasteiger partial charge < -0.3 is 0 Å². The Bertz CT molecular complexity index is 201. The summed E-state index contributed by atoms with van der Waals surface area (Å²) in [5.41, 5.74) is 0. The van der Waals surface area contributed by atoms with Crippen molar-refractivity contribution in [1.29, 1.82) is 0 Å². The summed E-state index contributed by atoms with van der Waals surface area (Å²) < 4.78 is 0. The second kappa shape index (κ2) is 4.16. The van der Waals surface area contributed by atoms with Gasteiger partial charge in [-0.15, -0.1) is 0 Å². The first kappa shape index (κ1) is 11.0. The Labute approximate surface area is 82.2 Å². The quantitative estimate of drug-likeness (QED) is 0.544. The molecule has 0 N–H and O–H groups in total. The van der Waals surface area contributed by atoms with Crippen molar-refractivity contribution in [2.75, 3.05) is 0 Å². The van der Waals surface area contributed by atoms with Crippen LogP contribution in [0.5, 0.6) is 0 Å². The van der Waals surface area contributed by atoms with Gasteiger partial charge in [-0.25, -0.2) is 0 Å². The molecule has 0 atom stereocenters. The van der Waals surface area contributed by atoms with Crippen molar-refractivity contribution < 1.29 is 0 Å². The van der Waals surface area contributed by atoms with Crippen LogP contribution >= 0.6 is 0 Å². The van der Waals surface area contributed by atoms with Gasteiger partial charge in [0, 0.05) is 0 Å². The van der Waals surface area contributed by atoms with Crippen LogP contribution in [0.25, 0.3) is 0 Å². The van der Waals surface area contributed by atoms with E-state index in [1.165, 1.54) is 5.19 Å². The predicted molar refractivity (Wildman–Crippen MR) is 56.6 cm³/mol. The van der Waals surface area contributed by atoms with Gasteiger partial charge in [0.2, 0.25) is 0 Å². The van der Waals surface area contributed by atoms with Crippen molar-refractivity contribution in [2.45, 2.75) is 19.6 Å². The van der Waals surface area contributed by atoms with E-state index in [1.807, 2.05) is 0 Å². The summed E-state index contributed by atoms with van der Waals surface area (Å²) in [6, 6.07) is 10.8. The Balaban J connectivity index is 0.000001000. The molecule has 0 aliphatic carbocycles. The van der Waals surface area contributed by atoms with E-state index in [2.05, 4.69) is 50.0 Å². The summed E-state index contributed by atoms with van der Waals surface area (Å²) in [6.45, 7) is 7.09. The third kappa shape index (κ3) is 3.29. The number of hydrogen-bond acceptors (Lipinski definition) is 0. The average Bonchev–Trinajstić information content (AvgIpc) is 1.88. The van der Waals surface area contributed by atoms with Crippen LogP contribution in [0.3, 0.4) is 0 Å². The van der Waals surface area contributed by atoms with Crippen LogP contribution < -0.4 is 5.19 Å². The molecule has 56 valence electrons. The van der Waals surface area contributed by atoms with Crippen LogP contribution in [0.2, 0.25) is 19.6 Å². The molecule has 1 aromatic carbocycles. The zero-order valence-electron chi connectivity index (χ0n) is 6.89. The molecule has 1 rings (SSSR count). The molecule has 0 aromatic heterocycles. The van der Waals surface area contributed by atoms with Crippen LogP contribution in [-0.2, 0) is 0 Å². The fourth-order valence-electron chi connectivity index (χ4n) is 0.938. The van der Waals surface area contributed by atoms with Gasteiger partial charge >= 0.3 is 18.9 Å². The fourth-order valence-corrected chi connectivity index (χ4v) is 2.13. The third-order valence-corrected chi connectivity index (χ3v) is 3.71. The molecule has 0 fully saturated rings. The van der Waals surface area contributed by atoms with E-state index in [1.54, 1.807) is 0 Å². The molecule has 0 heterocycles. The van der Waals surface area contributed by atoms with Gasteiger partial charge in [-0.2, -0.15) is 0 Å². The minimum absolute atomic E-state index is 0. The Kier molecular flexibility index (Phi) is 4.17. The maximum atomic E-state index is 2.36. The maximum absolute atomic E-state index is 2.36. The van der Waals surface area contributed by atoms with E-state index in [4.69, 9.17) is 0 Å². The topological polar surface area (TPSA) is 0 Å². The molecule has 0 radical (unpaired) electrons. The molecule has 1 aromatic rings. The van der Waals surface area contributed by atoms with Crippen molar-refractivity contribution in [3.05, 3.63) is 30.3 Å². The standard InChI is InChI=1S/C9H14Si.Li.H/c1-10(2,3)9-7-5-4-6-8-9;;/h4-8H,1-3H3;;. The molecule has 0 unspecified atom stereocenters. The molecule has 0 nitrogen and oxygen atoms in total. The number of rotatable bonds is 1. The van der Waals surface area contributed by atoms with Gasteiger partial charge in [-0.05, 0) is 0 Å². The van der Waals surface area contributed by atoms with E-state index in [0.717, 1.165) is 0 Å². The summed E-state index contributed by atoms with van der Waals surface area (Å²) in [6.07, 6.45) is 0. The first-order valence-corrected chi connectivity index (χ1v) is 7.16. The SMILES string of the molecule is C[Si](C)(C)c1ccccc1.[LiH]. The molecule has 0 spiro atoms. The first-order chi connectivity index (χ1) is 4.61. The van der Waals surface area contributed by atoms with Crippen LogP contribution in [-0.4, -0.2) is 26.9 Å². The zero-order chi connectivity index (χ0) is 7.61. The van der Waals surface area contributed by atoms with Gasteiger partial charge in [0.1, 0.15) is 0 Å². The second-order valence-corrected chi connectivity index (χ2v) is 8.69. The third-order valence-electron chi connectivity index (χ3n) is 1.64. The summed E-state index contributed by atoms with van der Waals surface area (Å²) in [4.78, 5) is 0. The zero-order valence-corrected chi connectivity index (χ0v) is 7.89. The van der Waals surface area contributed by atoms with Crippen molar-refractivity contribution in [3.63, 3.8) is 0 Å². The fraction of sp³-hybridized carbons (Fsp3) is 0.333. The summed E-state index contributed by atoms with van der Waals surface area (Å²) >= 11 is 0. The van der Waals surface area contributed by atoms with E-state index in [0.29, 0.717) is 0 Å². The first-order valence-electron chi connectivity index (χ1n) is 3.66. The molecule has 0 aliphatic rings. The molecule has 2 heteroatoms. The Hall–Kier alpha value is 0.0343. The van der Waals surface area contributed by atoms with Gasteiger partial charge in [-0.3, -0.25) is 0 Å². The van der Waals surface area contributed by atoms with E-state index in [-0.39, 0.29) is 18.9 Å². The van der Waals surface area contributed by atoms with Crippen molar-refractivity contribution in [1.82, 2.24) is 0 Å². The number of hydrogen-bond donors (Lipinski definition) is 0. The van der Waals surface area contributed by atoms with Gasteiger partial charge in [0.05, 0.1) is 8.07 Å². The molecular weight excluding hydrogens is 143 g/mol. The van der Waals surface area contributed by atoms with E-state index < -0.39 is 8.07 Å². The average molecular weight is 158 g/mol. The van der Waals surface area contributed by atoms with Crippen LogP contribution in [0.15, 0.2) is 30.3 Å². The molecule has 0 aliphatic heterocycles. The van der Waals surface area contributed by atoms with Crippen molar-refractivity contribution in [2.24, 2.45) is 0 Å². The van der Waals surface area contributed by atoms with Crippen LogP contribution in [0.4, 0.5) is 0 Å². The summed E-state index contributed by atoms with van der Waals surface area (Å²) in [7, 11) is -1.03. The summed E-state index contributed by atoms with van der Waals surface area (Å²) in [5.74, 6) is 0. The predicted octanol–water partition coefficient (Wildman–Crippen LogP) is 1.58. The van der Waals surface area contributed by atoms with Gasteiger partial charge in [0.25, 0.3) is 0 Å². The summed E-state index contributed by atoms with van der Waals surface area (Å²) in [5, 5.41) is 1.54. The monoisotopic (exact) mass is 158 g/mol. The van der Waals surface area contributed by atoms with Crippen LogP contribution in [0, 0.1) is 0 Å². The molecule has 0 bridgehead atoms. The van der Waals surface area contributed by atoms with E-state index >= 15 is 0 Å². The molecule has 0 saturated carbocycles. The van der Waals surface area contributed by atoms with Crippen molar-refractivity contribution in [3.8, 4) is 0 Å². The van der Waals surface area contributed by atoms with Crippen molar-refractivity contribution >= 4 is 32.1 Å². The van der Waals surface area contributed by atoms with E-state index in [9.17, 15) is 0 Å². The second-order valence-electron chi connectivity index (χ2n) is 3.62. The number of benzene rings is 1. The Morgan fingerprint density at radius 1 is 0.909 bits per heavy atom. The normalized spacial score (nSPS) is 10.5. The molecule has 11 heavy (non-hydrogen) atoms.